The van der Waals surface area contributed by atoms with E-state index < -0.39 is 0 Å². The van der Waals surface area contributed by atoms with Crippen LogP contribution in [0, 0.1) is 11.3 Å². The lowest BCUT2D eigenvalue weighted by molar-refractivity contribution is 0.170. The monoisotopic (exact) mass is 275 g/mol. The minimum absolute atomic E-state index is 0.625. The number of rotatable bonds is 4. The van der Waals surface area contributed by atoms with Crippen LogP contribution in [0.15, 0.2) is 54.1 Å². The first-order chi connectivity index (χ1) is 10.3. The van der Waals surface area contributed by atoms with E-state index in [0.717, 1.165) is 17.5 Å². The van der Waals surface area contributed by atoms with Gasteiger partial charge in [-0.05, 0) is 41.7 Å². The highest BCUT2D eigenvalue weighted by molar-refractivity contribution is 5.89. The molecule has 21 heavy (non-hydrogen) atoms. The van der Waals surface area contributed by atoms with E-state index in [1.165, 1.54) is 22.3 Å². The molecule has 0 unspecified atom stereocenters. The van der Waals surface area contributed by atoms with Gasteiger partial charge in [-0.3, -0.25) is 0 Å². The summed E-state index contributed by atoms with van der Waals surface area (Å²) in [5.74, 6) is 0. The first-order valence-corrected chi connectivity index (χ1v) is 7.22. The molecule has 0 saturated heterocycles. The van der Waals surface area contributed by atoms with Crippen molar-refractivity contribution < 1.29 is 4.74 Å². The lowest BCUT2D eigenvalue weighted by atomic mass is 9.94. The maximum absolute atomic E-state index is 9.39. The Bertz CT molecular complexity index is 737. The first-order valence-electron chi connectivity index (χ1n) is 7.22. The number of nitrogens with zero attached hydrogens (tertiary/aromatic N) is 1. The molecule has 0 radical (unpaired) electrons. The third-order valence-corrected chi connectivity index (χ3v) is 3.84. The molecule has 0 aliphatic heterocycles. The Morgan fingerprint density at radius 1 is 1.05 bits per heavy atom. The van der Waals surface area contributed by atoms with Crippen molar-refractivity contribution in [3.63, 3.8) is 0 Å². The molecule has 0 fully saturated rings. The van der Waals surface area contributed by atoms with Crippen molar-refractivity contribution in [1.82, 2.24) is 0 Å². The van der Waals surface area contributed by atoms with Crippen molar-refractivity contribution in [3.05, 3.63) is 76.4 Å². The molecule has 0 saturated carbocycles. The number of benzene rings is 2. The molecule has 0 N–H and O–H groups in total. The van der Waals surface area contributed by atoms with Crippen molar-refractivity contribution in [1.29, 1.82) is 5.26 Å². The van der Waals surface area contributed by atoms with E-state index in [1.807, 2.05) is 31.2 Å². The third-order valence-electron chi connectivity index (χ3n) is 3.84. The molecule has 3 rings (SSSR count). The zero-order valence-corrected chi connectivity index (χ0v) is 12.1. The van der Waals surface area contributed by atoms with Crippen LogP contribution in [-0.4, -0.2) is 13.2 Å². The van der Waals surface area contributed by atoms with Crippen LogP contribution in [0.2, 0.25) is 0 Å². The van der Waals surface area contributed by atoms with E-state index in [-0.39, 0.29) is 0 Å². The van der Waals surface area contributed by atoms with Gasteiger partial charge >= 0.3 is 0 Å². The Morgan fingerprint density at radius 2 is 1.76 bits per heavy atom. The van der Waals surface area contributed by atoms with Crippen LogP contribution in [0.25, 0.3) is 5.57 Å². The van der Waals surface area contributed by atoms with Crippen LogP contribution >= 0.6 is 0 Å². The number of nitriles is 1. The van der Waals surface area contributed by atoms with E-state index in [0.29, 0.717) is 13.2 Å². The second-order valence-electron chi connectivity index (χ2n) is 5.11. The van der Waals surface area contributed by atoms with Gasteiger partial charge in [-0.2, -0.15) is 5.26 Å². The van der Waals surface area contributed by atoms with E-state index in [4.69, 9.17) is 4.74 Å². The highest BCUT2D eigenvalue weighted by Gasteiger charge is 2.23. The van der Waals surface area contributed by atoms with Crippen LogP contribution < -0.4 is 0 Å². The molecular formula is C19H17NO. The molecule has 0 atom stereocenters. The minimum Gasteiger partial charge on any atom is -0.377 e. The fourth-order valence-electron chi connectivity index (χ4n) is 2.91. The van der Waals surface area contributed by atoms with Crippen molar-refractivity contribution in [3.8, 4) is 6.07 Å². The lowest BCUT2D eigenvalue weighted by Gasteiger charge is -2.11. The van der Waals surface area contributed by atoms with E-state index in [9.17, 15) is 5.26 Å². The summed E-state index contributed by atoms with van der Waals surface area (Å²) in [7, 11) is 0. The number of ether oxygens (including phenoxy) is 1. The van der Waals surface area contributed by atoms with Gasteiger partial charge in [0.2, 0.25) is 0 Å². The lowest BCUT2D eigenvalue weighted by Crippen LogP contribution is -2.00. The molecule has 0 aromatic heterocycles. The molecule has 2 aromatic carbocycles. The van der Waals surface area contributed by atoms with Gasteiger partial charge in [0.15, 0.2) is 0 Å². The Balaban J connectivity index is 2.16. The van der Waals surface area contributed by atoms with Gasteiger partial charge in [0.25, 0.3) is 0 Å². The van der Waals surface area contributed by atoms with E-state index in [2.05, 4.69) is 30.3 Å². The summed E-state index contributed by atoms with van der Waals surface area (Å²) in [5, 5.41) is 9.39. The molecule has 2 aromatic rings. The second kappa shape index (κ2) is 5.95. The van der Waals surface area contributed by atoms with Crippen LogP contribution in [0.5, 0.6) is 0 Å². The van der Waals surface area contributed by atoms with Crippen LogP contribution in [0.4, 0.5) is 0 Å². The first kappa shape index (κ1) is 13.6. The van der Waals surface area contributed by atoms with Crippen molar-refractivity contribution in [2.75, 3.05) is 13.2 Å². The smallest absolute Gasteiger partial charge is 0.0998 e. The maximum Gasteiger partial charge on any atom is 0.0998 e. The molecule has 2 nitrogen and oxygen atoms in total. The van der Waals surface area contributed by atoms with Gasteiger partial charge in [0, 0.05) is 12.2 Å². The van der Waals surface area contributed by atoms with Gasteiger partial charge in [0.1, 0.15) is 0 Å². The van der Waals surface area contributed by atoms with Gasteiger partial charge in [0.05, 0.1) is 18.2 Å². The van der Waals surface area contributed by atoms with E-state index in [1.54, 1.807) is 0 Å². The van der Waals surface area contributed by atoms with Crippen LogP contribution in [-0.2, 0) is 11.2 Å². The normalized spacial score (nSPS) is 13.1. The SMILES string of the molecule is CCOCC1=C(c2ccccc2C#N)c2ccccc2C1. The summed E-state index contributed by atoms with van der Waals surface area (Å²) in [6.45, 7) is 3.33. The largest absolute Gasteiger partial charge is 0.377 e. The van der Waals surface area contributed by atoms with Crippen molar-refractivity contribution in [2.24, 2.45) is 0 Å². The average molecular weight is 275 g/mol. The number of fused-ring (bicyclic) bond motifs is 1. The summed E-state index contributed by atoms with van der Waals surface area (Å²) in [6.07, 6.45) is 0.908. The Hall–Kier alpha value is -2.37. The summed E-state index contributed by atoms with van der Waals surface area (Å²) in [4.78, 5) is 0. The standard InChI is InChI=1S/C19H17NO/c1-2-21-13-16-11-14-7-3-5-9-17(14)19(16)18-10-6-4-8-15(18)12-20/h3-10H,2,11,13H2,1H3. The molecule has 2 heteroatoms. The number of hydrogen-bond donors (Lipinski definition) is 0. The Kier molecular flexibility index (Phi) is 3.85. The topological polar surface area (TPSA) is 33.0 Å². The van der Waals surface area contributed by atoms with Crippen LogP contribution in [0.3, 0.4) is 0 Å². The molecule has 0 spiro atoms. The maximum atomic E-state index is 9.39. The average Bonchev–Trinajstić information content (AvgIpc) is 2.91. The molecule has 1 aliphatic carbocycles. The van der Waals surface area contributed by atoms with Gasteiger partial charge in [-0.1, -0.05) is 42.5 Å². The molecular weight excluding hydrogens is 258 g/mol. The molecule has 1 aliphatic rings. The van der Waals surface area contributed by atoms with Gasteiger partial charge < -0.3 is 4.74 Å². The second-order valence-corrected chi connectivity index (χ2v) is 5.11. The summed E-state index contributed by atoms with van der Waals surface area (Å²) < 4.78 is 5.63. The fourth-order valence-corrected chi connectivity index (χ4v) is 2.91. The zero-order valence-electron chi connectivity index (χ0n) is 12.1. The predicted molar refractivity (Wildman–Crippen MR) is 83.8 cm³/mol. The van der Waals surface area contributed by atoms with Gasteiger partial charge in [-0.15, -0.1) is 0 Å². The zero-order chi connectivity index (χ0) is 14.7. The van der Waals surface area contributed by atoms with Crippen LogP contribution in [0.1, 0.15) is 29.2 Å². The Morgan fingerprint density at radius 3 is 2.52 bits per heavy atom. The summed E-state index contributed by atoms with van der Waals surface area (Å²) in [5.41, 5.74) is 6.72. The molecule has 0 amide bonds. The molecule has 104 valence electrons. The minimum atomic E-state index is 0.625. The highest BCUT2D eigenvalue weighted by atomic mass is 16.5. The summed E-state index contributed by atoms with van der Waals surface area (Å²) in [6, 6.07) is 18.5. The highest BCUT2D eigenvalue weighted by Crippen LogP contribution is 2.38. The molecule has 0 heterocycles. The quantitative estimate of drug-likeness (QED) is 0.846. The van der Waals surface area contributed by atoms with Gasteiger partial charge in [-0.25, -0.2) is 0 Å². The third kappa shape index (κ3) is 2.49. The predicted octanol–water partition coefficient (Wildman–Crippen LogP) is 3.95. The number of hydrogen-bond acceptors (Lipinski definition) is 2. The van der Waals surface area contributed by atoms with E-state index >= 15 is 0 Å². The van der Waals surface area contributed by atoms with Crippen molar-refractivity contribution in [2.45, 2.75) is 13.3 Å². The Labute approximate surface area is 125 Å². The summed E-state index contributed by atoms with van der Waals surface area (Å²) >= 11 is 0. The molecule has 0 bridgehead atoms. The van der Waals surface area contributed by atoms with Crippen molar-refractivity contribution >= 4 is 5.57 Å². The fraction of sp³-hybridized carbons (Fsp3) is 0.211.